The number of hydrogen-bond donors (Lipinski definition) is 2. The SMILES string of the molecule is Cc1ccc(S[C@H](C)C(=O)N/N=C\c2ccc(C(=O)O)cc2)cc1. The lowest BCUT2D eigenvalue weighted by atomic mass is 10.1. The number of carbonyl (C=O) groups excluding carboxylic acids is 1. The molecule has 2 N–H and O–H groups in total. The number of aromatic carboxylic acids is 1. The number of hydrogen-bond acceptors (Lipinski definition) is 4. The van der Waals surface area contributed by atoms with Gasteiger partial charge < -0.3 is 5.11 Å². The number of carboxylic acids is 1. The van der Waals surface area contributed by atoms with Crippen molar-refractivity contribution in [3.63, 3.8) is 0 Å². The highest BCUT2D eigenvalue weighted by Gasteiger charge is 2.13. The van der Waals surface area contributed by atoms with Gasteiger partial charge in [0.25, 0.3) is 5.91 Å². The van der Waals surface area contributed by atoms with E-state index in [0.717, 1.165) is 4.90 Å². The Kier molecular flexibility index (Phi) is 6.14. The van der Waals surface area contributed by atoms with Crippen molar-refractivity contribution in [2.24, 2.45) is 5.10 Å². The number of nitrogens with zero attached hydrogens (tertiary/aromatic N) is 1. The minimum absolute atomic E-state index is 0.195. The van der Waals surface area contributed by atoms with Crippen LogP contribution in [-0.2, 0) is 4.79 Å². The maximum Gasteiger partial charge on any atom is 0.335 e. The van der Waals surface area contributed by atoms with Crippen LogP contribution in [0.25, 0.3) is 0 Å². The topological polar surface area (TPSA) is 78.8 Å². The van der Waals surface area contributed by atoms with E-state index in [1.807, 2.05) is 38.1 Å². The van der Waals surface area contributed by atoms with E-state index in [4.69, 9.17) is 5.11 Å². The first kappa shape index (κ1) is 17.7. The molecule has 2 aromatic carbocycles. The van der Waals surface area contributed by atoms with Crippen molar-refractivity contribution in [1.29, 1.82) is 0 Å². The largest absolute Gasteiger partial charge is 0.478 e. The fourth-order valence-corrected chi connectivity index (χ4v) is 2.71. The smallest absolute Gasteiger partial charge is 0.335 e. The van der Waals surface area contributed by atoms with Gasteiger partial charge in [-0.1, -0.05) is 29.8 Å². The van der Waals surface area contributed by atoms with Crippen LogP contribution in [0, 0.1) is 6.92 Å². The Morgan fingerprint density at radius 2 is 1.75 bits per heavy atom. The molecule has 24 heavy (non-hydrogen) atoms. The molecular formula is C18H18N2O3S. The molecule has 0 fully saturated rings. The summed E-state index contributed by atoms with van der Waals surface area (Å²) < 4.78 is 0. The van der Waals surface area contributed by atoms with E-state index >= 15 is 0 Å². The number of aryl methyl sites for hydroxylation is 1. The maximum absolute atomic E-state index is 12.0. The Hall–Kier alpha value is -2.60. The van der Waals surface area contributed by atoms with E-state index in [0.29, 0.717) is 5.56 Å². The summed E-state index contributed by atoms with van der Waals surface area (Å²) in [6.07, 6.45) is 1.48. The normalized spacial score (nSPS) is 12.1. The molecule has 0 heterocycles. The maximum atomic E-state index is 12.0. The van der Waals surface area contributed by atoms with E-state index in [2.05, 4.69) is 10.5 Å². The summed E-state index contributed by atoms with van der Waals surface area (Å²) in [5.41, 5.74) is 4.58. The highest BCUT2D eigenvalue weighted by atomic mass is 32.2. The van der Waals surface area contributed by atoms with Gasteiger partial charge >= 0.3 is 5.97 Å². The van der Waals surface area contributed by atoms with Crippen molar-refractivity contribution in [3.05, 3.63) is 65.2 Å². The zero-order chi connectivity index (χ0) is 17.5. The zero-order valence-electron chi connectivity index (χ0n) is 13.4. The number of carbonyl (C=O) groups is 2. The molecule has 1 amide bonds. The molecule has 0 aliphatic rings. The van der Waals surface area contributed by atoms with Crippen LogP contribution in [-0.4, -0.2) is 28.4 Å². The van der Waals surface area contributed by atoms with Gasteiger partial charge in [-0.05, 0) is 43.7 Å². The molecular weight excluding hydrogens is 324 g/mol. The molecule has 0 radical (unpaired) electrons. The van der Waals surface area contributed by atoms with E-state index < -0.39 is 5.97 Å². The summed E-state index contributed by atoms with van der Waals surface area (Å²) in [6.45, 7) is 3.83. The van der Waals surface area contributed by atoms with Gasteiger partial charge in [0.05, 0.1) is 17.0 Å². The van der Waals surface area contributed by atoms with Crippen LogP contribution < -0.4 is 5.43 Å². The second kappa shape index (κ2) is 8.31. The Balaban J connectivity index is 1.87. The summed E-state index contributed by atoms with van der Waals surface area (Å²) in [4.78, 5) is 23.8. The molecule has 2 aromatic rings. The average Bonchev–Trinajstić information content (AvgIpc) is 2.57. The van der Waals surface area contributed by atoms with Crippen molar-refractivity contribution in [2.75, 3.05) is 0 Å². The summed E-state index contributed by atoms with van der Waals surface area (Å²) in [7, 11) is 0. The first-order valence-corrected chi connectivity index (χ1v) is 8.23. The minimum Gasteiger partial charge on any atom is -0.478 e. The predicted octanol–water partition coefficient (Wildman–Crippen LogP) is 3.32. The standard InChI is InChI=1S/C18H18N2O3S/c1-12-3-9-16(10-4-12)24-13(2)17(21)20-19-11-14-5-7-15(8-6-14)18(22)23/h3-11,13H,1-2H3,(H,20,21)(H,22,23)/b19-11-/t13-/m1/s1. The van der Waals surface area contributed by atoms with Crippen LogP contribution in [0.15, 0.2) is 58.5 Å². The summed E-state index contributed by atoms with van der Waals surface area (Å²) in [5.74, 6) is -1.17. The Morgan fingerprint density at radius 1 is 1.12 bits per heavy atom. The molecule has 5 nitrogen and oxygen atoms in total. The molecule has 124 valence electrons. The molecule has 0 saturated heterocycles. The minimum atomic E-state index is -0.978. The zero-order valence-corrected chi connectivity index (χ0v) is 14.2. The second-order valence-corrected chi connectivity index (χ2v) is 6.65. The number of amides is 1. The van der Waals surface area contributed by atoms with Crippen LogP contribution in [0.1, 0.15) is 28.4 Å². The number of hydrazone groups is 1. The average molecular weight is 342 g/mol. The Morgan fingerprint density at radius 3 is 2.33 bits per heavy atom. The number of rotatable bonds is 6. The lowest BCUT2D eigenvalue weighted by Crippen LogP contribution is -2.26. The van der Waals surface area contributed by atoms with Gasteiger partial charge in [0.2, 0.25) is 0 Å². The van der Waals surface area contributed by atoms with Crippen LogP contribution in [0.4, 0.5) is 0 Å². The van der Waals surface area contributed by atoms with Crippen molar-refractivity contribution in [1.82, 2.24) is 5.43 Å². The van der Waals surface area contributed by atoms with Crippen molar-refractivity contribution in [3.8, 4) is 0 Å². The Labute approximate surface area is 144 Å². The van der Waals surface area contributed by atoms with E-state index in [1.165, 1.54) is 35.7 Å². The van der Waals surface area contributed by atoms with Gasteiger partial charge in [-0.3, -0.25) is 4.79 Å². The summed E-state index contributed by atoms with van der Waals surface area (Å²) >= 11 is 1.46. The van der Waals surface area contributed by atoms with Crippen LogP contribution in [0.5, 0.6) is 0 Å². The summed E-state index contributed by atoms with van der Waals surface area (Å²) in [6, 6.07) is 14.2. The molecule has 0 spiro atoms. The molecule has 2 rings (SSSR count). The van der Waals surface area contributed by atoms with Gasteiger partial charge in [0, 0.05) is 4.90 Å². The molecule has 0 saturated carbocycles. The quantitative estimate of drug-likeness (QED) is 0.479. The fraction of sp³-hybridized carbons (Fsp3) is 0.167. The van der Waals surface area contributed by atoms with Gasteiger partial charge in [-0.15, -0.1) is 11.8 Å². The molecule has 6 heteroatoms. The van der Waals surface area contributed by atoms with E-state index in [-0.39, 0.29) is 16.7 Å². The van der Waals surface area contributed by atoms with Gasteiger partial charge in [0.1, 0.15) is 0 Å². The van der Waals surface area contributed by atoms with E-state index in [1.54, 1.807) is 12.1 Å². The van der Waals surface area contributed by atoms with Gasteiger partial charge in [-0.2, -0.15) is 5.10 Å². The first-order chi connectivity index (χ1) is 11.5. The fourth-order valence-electron chi connectivity index (χ4n) is 1.85. The number of carboxylic acid groups (broad SMARTS) is 1. The third kappa shape index (κ3) is 5.24. The molecule has 0 aliphatic carbocycles. The molecule has 0 bridgehead atoms. The third-order valence-electron chi connectivity index (χ3n) is 3.25. The molecule has 0 aliphatic heterocycles. The highest BCUT2D eigenvalue weighted by Crippen LogP contribution is 2.23. The monoisotopic (exact) mass is 342 g/mol. The second-order valence-electron chi connectivity index (χ2n) is 5.23. The third-order valence-corrected chi connectivity index (χ3v) is 4.36. The lowest BCUT2D eigenvalue weighted by Gasteiger charge is -2.09. The molecule has 1 atom stereocenters. The van der Waals surface area contributed by atoms with Crippen LogP contribution in [0.3, 0.4) is 0 Å². The summed E-state index contributed by atoms with van der Waals surface area (Å²) in [5, 5.41) is 12.5. The van der Waals surface area contributed by atoms with Crippen molar-refractivity contribution < 1.29 is 14.7 Å². The van der Waals surface area contributed by atoms with Gasteiger partial charge in [0.15, 0.2) is 0 Å². The Bertz CT molecular complexity index is 740. The first-order valence-electron chi connectivity index (χ1n) is 7.35. The highest BCUT2D eigenvalue weighted by molar-refractivity contribution is 8.00. The molecule has 0 aromatic heterocycles. The van der Waals surface area contributed by atoms with Crippen molar-refractivity contribution >= 4 is 29.9 Å². The lowest BCUT2D eigenvalue weighted by molar-refractivity contribution is -0.120. The number of thioether (sulfide) groups is 1. The van der Waals surface area contributed by atoms with Crippen LogP contribution >= 0.6 is 11.8 Å². The number of benzene rings is 2. The molecule has 0 unspecified atom stereocenters. The van der Waals surface area contributed by atoms with Crippen LogP contribution in [0.2, 0.25) is 0 Å². The predicted molar refractivity (Wildman–Crippen MR) is 95.6 cm³/mol. The van der Waals surface area contributed by atoms with Gasteiger partial charge in [-0.25, -0.2) is 10.2 Å². The van der Waals surface area contributed by atoms with E-state index in [9.17, 15) is 9.59 Å². The van der Waals surface area contributed by atoms with Crippen molar-refractivity contribution in [2.45, 2.75) is 24.0 Å². The number of nitrogens with one attached hydrogen (secondary N) is 1.